The van der Waals surface area contributed by atoms with E-state index in [1.165, 1.54) is 39.9 Å². The smallest absolute Gasteiger partial charge is 0.338 e. The van der Waals surface area contributed by atoms with Crippen molar-refractivity contribution in [3.8, 4) is 11.3 Å². The van der Waals surface area contributed by atoms with Crippen molar-refractivity contribution in [2.24, 2.45) is 0 Å². The van der Waals surface area contributed by atoms with Gasteiger partial charge in [-0.05, 0) is 37.1 Å². The standard InChI is InChI=1S/C24H25N3O5S2/c28-22(26-24-25-21(17-33-24)18-8-4-3-5-9-18)16-32-23(29)19-10-12-20(13-11-19)34(30,31)27-14-6-1-2-7-15-27/h3-5,8-13,17H,1-2,6-7,14-16H2,(H,25,26,28). The Morgan fingerprint density at radius 3 is 2.32 bits per heavy atom. The maximum absolute atomic E-state index is 12.9. The van der Waals surface area contributed by atoms with Crippen molar-refractivity contribution in [3.05, 3.63) is 65.5 Å². The van der Waals surface area contributed by atoms with Gasteiger partial charge >= 0.3 is 5.97 Å². The van der Waals surface area contributed by atoms with Crippen molar-refractivity contribution in [1.29, 1.82) is 0 Å². The minimum atomic E-state index is -3.59. The Balaban J connectivity index is 1.31. The number of carbonyl (C=O) groups is 2. The molecule has 0 radical (unpaired) electrons. The summed E-state index contributed by atoms with van der Waals surface area (Å²) in [6.07, 6.45) is 3.75. The number of ether oxygens (including phenoxy) is 1. The number of benzene rings is 2. The molecule has 1 aromatic heterocycles. The summed E-state index contributed by atoms with van der Waals surface area (Å²) >= 11 is 1.28. The van der Waals surface area contributed by atoms with Crippen LogP contribution in [0.3, 0.4) is 0 Å². The molecule has 34 heavy (non-hydrogen) atoms. The van der Waals surface area contributed by atoms with Crippen LogP contribution in [0.2, 0.25) is 0 Å². The van der Waals surface area contributed by atoms with Crippen LogP contribution in [-0.2, 0) is 19.6 Å². The van der Waals surface area contributed by atoms with Crippen molar-refractivity contribution >= 4 is 38.4 Å². The Bertz CT molecular complexity index is 1230. The van der Waals surface area contributed by atoms with Crippen molar-refractivity contribution < 1.29 is 22.7 Å². The molecule has 0 aliphatic carbocycles. The number of nitrogens with one attached hydrogen (secondary N) is 1. The molecule has 2 aromatic carbocycles. The van der Waals surface area contributed by atoms with Gasteiger partial charge in [0, 0.05) is 24.0 Å². The second-order valence-corrected chi connectivity index (χ2v) is 10.7. The first-order valence-electron chi connectivity index (χ1n) is 11.0. The molecule has 2 heterocycles. The molecular weight excluding hydrogens is 474 g/mol. The molecule has 4 rings (SSSR count). The second-order valence-electron chi connectivity index (χ2n) is 7.87. The predicted octanol–water partition coefficient (Wildman–Crippen LogP) is 4.17. The average Bonchev–Trinajstić information content (AvgIpc) is 3.13. The molecule has 0 unspecified atom stereocenters. The maximum atomic E-state index is 12.9. The zero-order valence-corrected chi connectivity index (χ0v) is 20.1. The van der Waals surface area contributed by atoms with Gasteiger partial charge in [0.15, 0.2) is 11.7 Å². The van der Waals surface area contributed by atoms with Crippen molar-refractivity contribution in [2.75, 3.05) is 25.0 Å². The summed E-state index contributed by atoms with van der Waals surface area (Å²) in [5, 5.41) is 4.85. The van der Waals surface area contributed by atoms with Crippen LogP contribution < -0.4 is 5.32 Å². The van der Waals surface area contributed by atoms with Crippen molar-refractivity contribution in [2.45, 2.75) is 30.6 Å². The van der Waals surface area contributed by atoms with Crippen LogP contribution in [0.25, 0.3) is 11.3 Å². The van der Waals surface area contributed by atoms with Gasteiger partial charge in [-0.1, -0.05) is 43.2 Å². The summed E-state index contributed by atoms with van der Waals surface area (Å²) in [6.45, 7) is 0.535. The van der Waals surface area contributed by atoms with Crippen LogP contribution >= 0.6 is 11.3 Å². The highest BCUT2D eigenvalue weighted by molar-refractivity contribution is 7.89. The fourth-order valence-electron chi connectivity index (χ4n) is 3.64. The largest absolute Gasteiger partial charge is 0.452 e. The molecule has 1 saturated heterocycles. The Kier molecular flexibility index (Phi) is 7.71. The van der Waals surface area contributed by atoms with Gasteiger partial charge in [0.2, 0.25) is 10.0 Å². The summed E-state index contributed by atoms with van der Waals surface area (Å²) in [7, 11) is -3.59. The van der Waals surface area contributed by atoms with E-state index in [0.717, 1.165) is 36.9 Å². The molecule has 1 fully saturated rings. The SMILES string of the molecule is O=C(COC(=O)c1ccc(S(=O)(=O)N2CCCCCC2)cc1)Nc1nc(-c2ccccc2)cs1. The van der Waals surface area contributed by atoms with Gasteiger partial charge in [0.1, 0.15) is 0 Å². The summed E-state index contributed by atoms with van der Waals surface area (Å²) in [6, 6.07) is 15.2. The third-order valence-corrected chi connectivity index (χ3v) is 8.12. The molecule has 8 nitrogen and oxygen atoms in total. The quantitative estimate of drug-likeness (QED) is 0.489. The van der Waals surface area contributed by atoms with Crippen LogP contribution in [0, 0.1) is 0 Å². The summed E-state index contributed by atoms with van der Waals surface area (Å²) in [4.78, 5) is 29.0. The minimum absolute atomic E-state index is 0.140. The molecule has 0 spiro atoms. The Morgan fingerprint density at radius 1 is 0.971 bits per heavy atom. The lowest BCUT2D eigenvalue weighted by Crippen LogP contribution is -2.31. The van der Waals surface area contributed by atoms with E-state index in [2.05, 4.69) is 10.3 Å². The number of thiazole rings is 1. The van der Waals surface area contributed by atoms with Gasteiger partial charge in [-0.2, -0.15) is 4.31 Å². The molecule has 10 heteroatoms. The minimum Gasteiger partial charge on any atom is -0.452 e. The lowest BCUT2D eigenvalue weighted by molar-refractivity contribution is -0.119. The first-order chi connectivity index (χ1) is 16.4. The summed E-state index contributed by atoms with van der Waals surface area (Å²) < 4.78 is 32.3. The molecule has 1 amide bonds. The van der Waals surface area contributed by atoms with Gasteiger partial charge in [0.25, 0.3) is 5.91 Å². The normalized spacial score (nSPS) is 14.8. The van der Waals surface area contributed by atoms with Gasteiger partial charge < -0.3 is 4.74 Å². The molecule has 1 aliphatic heterocycles. The summed E-state index contributed by atoms with van der Waals surface area (Å²) in [5.74, 6) is -1.22. The highest BCUT2D eigenvalue weighted by Crippen LogP contribution is 2.24. The third-order valence-electron chi connectivity index (χ3n) is 5.45. The van der Waals surface area contributed by atoms with E-state index in [4.69, 9.17) is 4.74 Å². The van der Waals surface area contributed by atoms with E-state index in [1.807, 2.05) is 35.7 Å². The zero-order chi connectivity index (χ0) is 24.0. The van der Waals surface area contributed by atoms with E-state index in [0.29, 0.717) is 18.2 Å². The lowest BCUT2D eigenvalue weighted by Gasteiger charge is -2.19. The number of sulfonamides is 1. The molecule has 3 aromatic rings. The number of carbonyl (C=O) groups excluding carboxylic acids is 2. The van der Waals surface area contributed by atoms with E-state index >= 15 is 0 Å². The van der Waals surface area contributed by atoms with Gasteiger partial charge in [-0.15, -0.1) is 11.3 Å². The number of nitrogens with zero attached hydrogens (tertiary/aromatic N) is 2. The number of amides is 1. The van der Waals surface area contributed by atoms with Gasteiger partial charge in [-0.3, -0.25) is 10.1 Å². The molecule has 0 atom stereocenters. The lowest BCUT2D eigenvalue weighted by atomic mass is 10.2. The summed E-state index contributed by atoms with van der Waals surface area (Å²) in [5.41, 5.74) is 1.85. The fourth-order valence-corrected chi connectivity index (χ4v) is 5.89. The van der Waals surface area contributed by atoms with Crippen LogP contribution in [0.4, 0.5) is 5.13 Å². The van der Waals surface area contributed by atoms with Gasteiger partial charge in [-0.25, -0.2) is 18.2 Å². The van der Waals surface area contributed by atoms with Crippen molar-refractivity contribution in [3.63, 3.8) is 0 Å². The van der Waals surface area contributed by atoms with Crippen molar-refractivity contribution in [1.82, 2.24) is 9.29 Å². The Hall–Kier alpha value is -3.08. The molecule has 1 aliphatic rings. The number of hydrogen-bond donors (Lipinski definition) is 1. The van der Waals surface area contributed by atoms with E-state index in [1.54, 1.807) is 0 Å². The number of esters is 1. The first-order valence-corrected chi connectivity index (χ1v) is 13.3. The number of aromatic nitrogens is 1. The molecule has 0 saturated carbocycles. The third kappa shape index (κ3) is 5.88. The van der Waals surface area contributed by atoms with Crippen LogP contribution in [0.1, 0.15) is 36.0 Å². The zero-order valence-electron chi connectivity index (χ0n) is 18.5. The molecular formula is C24H25N3O5S2. The average molecular weight is 500 g/mol. The Morgan fingerprint density at radius 2 is 1.65 bits per heavy atom. The monoisotopic (exact) mass is 499 g/mol. The molecule has 1 N–H and O–H groups in total. The van der Waals surface area contributed by atoms with E-state index < -0.39 is 28.5 Å². The van der Waals surface area contributed by atoms with E-state index in [-0.39, 0.29) is 10.5 Å². The van der Waals surface area contributed by atoms with Crippen LogP contribution in [0.15, 0.2) is 64.9 Å². The number of anilines is 1. The topological polar surface area (TPSA) is 106 Å². The van der Waals surface area contributed by atoms with Gasteiger partial charge in [0.05, 0.1) is 16.2 Å². The highest BCUT2D eigenvalue weighted by atomic mass is 32.2. The predicted molar refractivity (Wildman–Crippen MR) is 130 cm³/mol. The van der Waals surface area contributed by atoms with Crippen LogP contribution in [-0.4, -0.2) is 49.3 Å². The van der Waals surface area contributed by atoms with Crippen LogP contribution in [0.5, 0.6) is 0 Å². The number of hydrogen-bond acceptors (Lipinski definition) is 7. The second kappa shape index (κ2) is 10.9. The molecule has 0 bridgehead atoms. The Labute approximate surface area is 202 Å². The maximum Gasteiger partial charge on any atom is 0.338 e. The molecule has 178 valence electrons. The first kappa shape index (κ1) is 24.1. The van der Waals surface area contributed by atoms with E-state index in [9.17, 15) is 18.0 Å². The number of rotatable bonds is 7. The highest BCUT2D eigenvalue weighted by Gasteiger charge is 2.25. The fraction of sp³-hybridized carbons (Fsp3) is 0.292.